The van der Waals surface area contributed by atoms with E-state index in [1.807, 2.05) is 0 Å². The van der Waals surface area contributed by atoms with Crippen molar-refractivity contribution in [1.29, 1.82) is 0 Å². The van der Waals surface area contributed by atoms with E-state index in [1.54, 1.807) is 6.92 Å². The van der Waals surface area contributed by atoms with E-state index in [9.17, 15) is 14.9 Å². The largest absolute Gasteiger partial charge is 0.358 e. The van der Waals surface area contributed by atoms with Crippen molar-refractivity contribution in [3.63, 3.8) is 0 Å². The van der Waals surface area contributed by atoms with Crippen molar-refractivity contribution >= 4 is 5.82 Å². The summed E-state index contributed by atoms with van der Waals surface area (Å²) >= 11 is 0. The fraction of sp³-hybridized carbons (Fsp3) is 0.167. The first kappa shape index (κ1) is 7.46. The molecular formula is C6H6N2O3. The van der Waals surface area contributed by atoms with Crippen LogP contribution in [-0.2, 0) is 0 Å². The van der Waals surface area contributed by atoms with Gasteiger partial charge in [0, 0.05) is 12.1 Å². The van der Waals surface area contributed by atoms with Crippen LogP contribution >= 0.6 is 0 Å². The molecule has 0 amide bonds. The lowest BCUT2D eigenvalue weighted by atomic mass is 10.3. The van der Waals surface area contributed by atoms with Gasteiger partial charge in [-0.25, -0.2) is 9.78 Å². The van der Waals surface area contributed by atoms with Gasteiger partial charge in [0.15, 0.2) is 0 Å². The molecular weight excluding hydrogens is 148 g/mol. The van der Waals surface area contributed by atoms with Crippen LogP contribution in [0.2, 0.25) is 0 Å². The van der Waals surface area contributed by atoms with Crippen LogP contribution in [0.15, 0.2) is 16.9 Å². The molecule has 0 spiro atoms. The van der Waals surface area contributed by atoms with Crippen LogP contribution in [0.25, 0.3) is 0 Å². The normalized spacial score (nSPS) is 9.55. The minimum atomic E-state index is -0.631. The molecule has 0 saturated heterocycles. The molecule has 58 valence electrons. The van der Waals surface area contributed by atoms with E-state index in [4.69, 9.17) is 0 Å². The van der Waals surface area contributed by atoms with Gasteiger partial charge in [-0.05, 0) is 17.4 Å². The molecule has 0 bridgehead atoms. The third-order valence-corrected chi connectivity index (χ3v) is 1.17. The predicted molar refractivity (Wildman–Crippen MR) is 38.5 cm³/mol. The van der Waals surface area contributed by atoms with Gasteiger partial charge >= 0.3 is 11.4 Å². The lowest BCUT2D eigenvalue weighted by molar-refractivity contribution is -0.389. The lowest BCUT2D eigenvalue weighted by Crippen LogP contribution is -2.07. The molecule has 0 fully saturated rings. The summed E-state index contributed by atoms with van der Waals surface area (Å²) in [7, 11) is 0. The van der Waals surface area contributed by atoms with Crippen LogP contribution < -0.4 is 5.56 Å². The highest BCUT2D eigenvalue weighted by molar-refractivity contribution is 5.24. The molecule has 0 unspecified atom stereocenters. The lowest BCUT2D eigenvalue weighted by Gasteiger charge is -1.93. The van der Waals surface area contributed by atoms with E-state index >= 15 is 0 Å². The molecule has 1 rings (SSSR count). The van der Waals surface area contributed by atoms with E-state index in [-0.39, 0.29) is 5.82 Å². The number of nitro groups is 1. The zero-order valence-electron chi connectivity index (χ0n) is 5.83. The van der Waals surface area contributed by atoms with E-state index < -0.39 is 10.5 Å². The minimum absolute atomic E-state index is 0.269. The van der Waals surface area contributed by atoms with E-state index in [2.05, 4.69) is 4.98 Å². The summed E-state index contributed by atoms with van der Waals surface area (Å²) in [6.45, 7) is 1.63. The second kappa shape index (κ2) is 2.53. The van der Waals surface area contributed by atoms with Crippen molar-refractivity contribution in [2.45, 2.75) is 6.92 Å². The number of nitrogens with zero attached hydrogens (tertiary/aromatic N) is 1. The third-order valence-electron chi connectivity index (χ3n) is 1.17. The number of nitrogens with one attached hydrogen (secondary N) is 1. The first-order chi connectivity index (χ1) is 5.09. The molecule has 5 nitrogen and oxygen atoms in total. The molecule has 1 heterocycles. The van der Waals surface area contributed by atoms with Gasteiger partial charge in [-0.15, -0.1) is 0 Å². The molecule has 0 aliphatic carbocycles. The Bertz CT molecular complexity index is 342. The number of H-pyrrole nitrogens is 1. The molecule has 0 aliphatic rings. The highest BCUT2D eigenvalue weighted by Gasteiger charge is 2.03. The Morgan fingerprint density at radius 3 is 2.64 bits per heavy atom. The Morgan fingerprint density at radius 1 is 1.55 bits per heavy atom. The van der Waals surface area contributed by atoms with Gasteiger partial charge in [0.25, 0.3) is 0 Å². The molecule has 0 aliphatic heterocycles. The summed E-state index contributed by atoms with van der Waals surface area (Å²) in [4.78, 5) is 22.3. The smallest absolute Gasteiger partial charge is 0.332 e. The van der Waals surface area contributed by atoms with E-state index in [1.165, 1.54) is 12.1 Å². The zero-order chi connectivity index (χ0) is 8.43. The number of rotatable bonds is 1. The fourth-order valence-corrected chi connectivity index (χ4v) is 0.761. The summed E-state index contributed by atoms with van der Waals surface area (Å²) in [5.74, 6) is -0.269. The molecule has 0 saturated carbocycles. The highest BCUT2D eigenvalue weighted by Crippen LogP contribution is 2.04. The number of aromatic amines is 1. The van der Waals surface area contributed by atoms with Gasteiger partial charge in [0.1, 0.15) is 0 Å². The number of aromatic nitrogens is 1. The number of pyridine rings is 1. The molecule has 1 aromatic heterocycles. The first-order valence-corrected chi connectivity index (χ1v) is 2.95. The predicted octanol–water partition coefficient (Wildman–Crippen LogP) is 0.592. The zero-order valence-corrected chi connectivity index (χ0v) is 5.83. The molecule has 0 atom stereocenters. The van der Waals surface area contributed by atoms with Crippen molar-refractivity contribution in [3.8, 4) is 0 Å². The number of aryl methyl sites for hydroxylation is 1. The number of hydrogen-bond donors (Lipinski definition) is 1. The summed E-state index contributed by atoms with van der Waals surface area (Å²) in [6.07, 6.45) is 0. The average molecular weight is 154 g/mol. The van der Waals surface area contributed by atoms with Crippen molar-refractivity contribution in [2.75, 3.05) is 0 Å². The maximum atomic E-state index is 10.7. The van der Waals surface area contributed by atoms with Gasteiger partial charge in [-0.3, -0.25) is 0 Å². The summed E-state index contributed by atoms with van der Waals surface area (Å²) in [5.41, 5.74) is 0.136. The maximum Gasteiger partial charge on any atom is 0.332 e. The molecule has 1 aromatic rings. The van der Waals surface area contributed by atoms with Crippen LogP contribution in [0.4, 0.5) is 5.82 Å². The molecule has 5 heteroatoms. The minimum Gasteiger partial charge on any atom is -0.358 e. The Kier molecular flexibility index (Phi) is 1.72. The summed E-state index contributed by atoms with van der Waals surface area (Å²) in [6, 6.07) is 2.61. The first-order valence-electron chi connectivity index (χ1n) is 2.95. The molecule has 11 heavy (non-hydrogen) atoms. The maximum absolute atomic E-state index is 10.7. The third kappa shape index (κ3) is 1.64. The Balaban J connectivity index is 3.30. The van der Waals surface area contributed by atoms with E-state index in [0.717, 1.165) is 0 Å². The quantitative estimate of drug-likeness (QED) is 0.475. The van der Waals surface area contributed by atoms with E-state index in [0.29, 0.717) is 5.56 Å². The van der Waals surface area contributed by atoms with Gasteiger partial charge in [-0.1, -0.05) is 0 Å². The highest BCUT2D eigenvalue weighted by atomic mass is 16.6. The summed E-state index contributed by atoms with van der Waals surface area (Å²) in [5, 5.41) is 10.1. The Morgan fingerprint density at radius 2 is 2.18 bits per heavy atom. The van der Waals surface area contributed by atoms with Gasteiger partial charge in [0.2, 0.25) is 0 Å². The fourth-order valence-electron chi connectivity index (χ4n) is 0.761. The molecule has 1 N–H and O–H groups in total. The van der Waals surface area contributed by atoms with Gasteiger partial charge in [-0.2, -0.15) is 0 Å². The Labute approximate surface area is 61.8 Å². The molecule has 0 radical (unpaired) electrons. The SMILES string of the molecule is Cc1cc([N+](=O)[O-])[nH]c(=O)c1. The second-order valence-electron chi connectivity index (χ2n) is 2.16. The average Bonchev–Trinajstić information content (AvgIpc) is 1.85. The second-order valence-corrected chi connectivity index (χ2v) is 2.16. The Hall–Kier alpha value is -1.65. The van der Waals surface area contributed by atoms with Crippen LogP contribution in [0.1, 0.15) is 5.56 Å². The van der Waals surface area contributed by atoms with Crippen molar-refractivity contribution in [1.82, 2.24) is 4.98 Å². The van der Waals surface area contributed by atoms with Gasteiger partial charge < -0.3 is 10.1 Å². The standard InChI is InChI=1S/C6H6N2O3/c1-4-2-5(8(10)11)7-6(9)3-4/h2-3H,1H3,(H,7,9). The van der Waals surface area contributed by atoms with Crippen molar-refractivity contribution < 1.29 is 4.92 Å². The van der Waals surface area contributed by atoms with Gasteiger partial charge in [0.05, 0.1) is 0 Å². The topological polar surface area (TPSA) is 76.0 Å². The number of hydrogen-bond acceptors (Lipinski definition) is 3. The molecule has 0 aromatic carbocycles. The van der Waals surface area contributed by atoms with Crippen molar-refractivity contribution in [3.05, 3.63) is 38.2 Å². The van der Waals surface area contributed by atoms with Crippen LogP contribution in [0.3, 0.4) is 0 Å². The van der Waals surface area contributed by atoms with Crippen LogP contribution in [0, 0.1) is 17.0 Å². The monoisotopic (exact) mass is 154 g/mol. The van der Waals surface area contributed by atoms with Crippen LogP contribution in [-0.4, -0.2) is 9.91 Å². The van der Waals surface area contributed by atoms with Crippen molar-refractivity contribution in [2.24, 2.45) is 0 Å². The summed E-state index contributed by atoms with van der Waals surface area (Å²) < 4.78 is 0. The van der Waals surface area contributed by atoms with Crippen LogP contribution in [0.5, 0.6) is 0 Å².